The Hall–Kier alpha value is -1.31. The molecule has 0 atom stereocenters. The average Bonchev–Trinajstić information content (AvgIpc) is 2.30. The number of rotatable bonds is 1. The summed E-state index contributed by atoms with van der Waals surface area (Å²) in [5.74, 6) is -0.981. The smallest absolute Gasteiger partial charge is 0.327 e. The van der Waals surface area contributed by atoms with Crippen molar-refractivity contribution in [2.45, 2.75) is 51.4 Å². The van der Waals surface area contributed by atoms with Crippen LogP contribution in [0.2, 0.25) is 0 Å². The molecule has 2 nitrogen and oxygen atoms in total. The van der Waals surface area contributed by atoms with Gasteiger partial charge in [-0.05, 0) is 25.7 Å². The van der Waals surface area contributed by atoms with Crippen LogP contribution >= 0.6 is 0 Å². The van der Waals surface area contributed by atoms with E-state index in [2.05, 4.69) is 30.9 Å². The zero-order valence-corrected chi connectivity index (χ0v) is 10.6. The number of aliphatic carboxylic acids is 1. The molecule has 0 saturated carbocycles. The van der Waals surface area contributed by atoms with Crippen LogP contribution in [-0.2, 0) is 4.79 Å². The minimum absolute atomic E-state index is 0.833. The van der Waals surface area contributed by atoms with Gasteiger partial charge in [0.15, 0.2) is 0 Å². The van der Waals surface area contributed by atoms with E-state index in [-0.39, 0.29) is 0 Å². The van der Waals surface area contributed by atoms with Gasteiger partial charge in [-0.25, -0.2) is 4.79 Å². The van der Waals surface area contributed by atoms with Gasteiger partial charge in [0.2, 0.25) is 0 Å². The summed E-state index contributed by atoms with van der Waals surface area (Å²) in [6.07, 6.45) is 20.8. The van der Waals surface area contributed by atoms with E-state index in [1.165, 1.54) is 51.4 Å². The molecule has 0 saturated heterocycles. The van der Waals surface area contributed by atoms with Crippen molar-refractivity contribution < 1.29 is 9.90 Å². The van der Waals surface area contributed by atoms with E-state index in [4.69, 9.17) is 5.11 Å². The maximum Gasteiger partial charge on any atom is 0.327 e. The molecule has 2 heteroatoms. The van der Waals surface area contributed by atoms with Crippen molar-refractivity contribution in [1.82, 2.24) is 0 Å². The quantitative estimate of drug-likeness (QED) is 0.681. The van der Waals surface area contributed by atoms with Gasteiger partial charge in [0.05, 0.1) is 0 Å². The van der Waals surface area contributed by atoms with Gasteiger partial charge in [0, 0.05) is 6.08 Å². The first-order chi connectivity index (χ1) is 8.27. The van der Waals surface area contributed by atoms with E-state index in [0.717, 1.165) is 6.08 Å². The lowest BCUT2D eigenvalue weighted by atomic mass is 10.1. The second kappa shape index (κ2) is 12.8. The Morgan fingerprint density at radius 2 is 1.29 bits per heavy atom. The topological polar surface area (TPSA) is 37.3 Å². The molecule has 0 aliphatic heterocycles. The van der Waals surface area contributed by atoms with E-state index >= 15 is 0 Å². The van der Waals surface area contributed by atoms with E-state index in [1.54, 1.807) is 0 Å². The lowest BCUT2D eigenvalue weighted by molar-refractivity contribution is -0.131. The fourth-order valence-electron chi connectivity index (χ4n) is 1.58. The number of hydrogen-bond donors (Lipinski definition) is 1. The first-order valence-electron chi connectivity index (χ1n) is 6.44. The van der Waals surface area contributed by atoms with Crippen LogP contribution in [0.15, 0.2) is 37.0 Å². The Labute approximate surface area is 105 Å². The van der Waals surface area contributed by atoms with Crippen LogP contribution in [0, 0.1) is 0 Å². The van der Waals surface area contributed by atoms with Gasteiger partial charge in [-0.1, -0.05) is 56.6 Å². The summed E-state index contributed by atoms with van der Waals surface area (Å²) >= 11 is 0. The molecule has 0 amide bonds. The molecule has 96 valence electrons. The Bertz CT molecular complexity index is 234. The van der Waals surface area contributed by atoms with Crippen LogP contribution in [0.5, 0.6) is 0 Å². The Morgan fingerprint density at radius 1 is 0.941 bits per heavy atom. The summed E-state index contributed by atoms with van der Waals surface area (Å²) in [5.41, 5.74) is 0. The number of carboxylic acids is 1. The molecule has 1 N–H and O–H groups in total. The summed E-state index contributed by atoms with van der Waals surface area (Å²) in [4.78, 5) is 9.25. The first-order valence-corrected chi connectivity index (χ1v) is 6.44. The molecule has 0 unspecified atom stereocenters. The standard InChI is InChI=1S/C12H20.C3H4O2/c1-2-4-6-8-10-12-11-9-7-5-3-1;1-2-3(4)5/h1-4H,5-12H2;2H,1H2,(H,4,5). The highest BCUT2D eigenvalue weighted by molar-refractivity contribution is 5.78. The number of allylic oxidation sites excluding steroid dienone is 4. The molecule has 17 heavy (non-hydrogen) atoms. The largest absolute Gasteiger partial charge is 0.478 e. The van der Waals surface area contributed by atoms with Crippen LogP contribution in [0.3, 0.4) is 0 Å². The second-order valence-corrected chi connectivity index (χ2v) is 4.10. The zero-order chi connectivity index (χ0) is 12.8. The monoisotopic (exact) mass is 236 g/mol. The van der Waals surface area contributed by atoms with Gasteiger partial charge in [0.1, 0.15) is 0 Å². The minimum atomic E-state index is -0.981. The Balaban J connectivity index is 0.000000437. The highest BCUT2D eigenvalue weighted by Crippen LogP contribution is 2.10. The molecular weight excluding hydrogens is 212 g/mol. The van der Waals surface area contributed by atoms with Crippen molar-refractivity contribution in [2.75, 3.05) is 0 Å². The Morgan fingerprint density at radius 3 is 1.65 bits per heavy atom. The maximum atomic E-state index is 9.25. The highest BCUT2D eigenvalue weighted by atomic mass is 16.4. The van der Waals surface area contributed by atoms with Crippen molar-refractivity contribution >= 4 is 5.97 Å². The van der Waals surface area contributed by atoms with Crippen LogP contribution in [0.4, 0.5) is 0 Å². The molecular formula is C15H24O2. The van der Waals surface area contributed by atoms with E-state index in [1.807, 2.05) is 0 Å². The maximum absolute atomic E-state index is 9.25. The summed E-state index contributed by atoms with van der Waals surface area (Å²) < 4.78 is 0. The molecule has 0 heterocycles. The third-order valence-electron chi connectivity index (χ3n) is 2.55. The predicted octanol–water partition coefficient (Wildman–Crippen LogP) is 4.49. The first kappa shape index (κ1) is 15.7. The minimum Gasteiger partial charge on any atom is -0.478 e. The van der Waals surface area contributed by atoms with Crippen LogP contribution < -0.4 is 0 Å². The molecule has 0 aromatic rings. The van der Waals surface area contributed by atoms with Gasteiger partial charge in [-0.15, -0.1) is 0 Å². The van der Waals surface area contributed by atoms with Gasteiger partial charge in [-0.2, -0.15) is 0 Å². The normalized spacial score (nSPS) is 16.9. The predicted molar refractivity (Wildman–Crippen MR) is 73.0 cm³/mol. The molecule has 0 aromatic carbocycles. The van der Waals surface area contributed by atoms with Crippen molar-refractivity contribution in [3.05, 3.63) is 37.0 Å². The van der Waals surface area contributed by atoms with Crippen molar-refractivity contribution in [3.63, 3.8) is 0 Å². The summed E-state index contributed by atoms with van der Waals surface area (Å²) in [5, 5.41) is 7.60. The number of hydrogen-bond acceptors (Lipinski definition) is 1. The van der Waals surface area contributed by atoms with Crippen LogP contribution in [-0.4, -0.2) is 11.1 Å². The average molecular weight is 236 g/mol. The lowest BCUT2D eigenvalue weighted by Gasteiger charge is -1.99. The highest BCUT2D eigenvalue weighted by Gasteiger charge is 1.90. The lowest BCUT2D eigenvalue weighted by Crippen LogP contribution is -1.82. The molecule has 0 aromatic heterocycles. The molecule has 0 spiro atoms. The molecule has 1 aliphatic rings. The summed E-state index contributed by atoms with van der Waals surface area (Å²) in [6, 6.07) is 0. The van der Waals surface area contributed by atoms with E-state index in [0.29, 0.717) is 0 Å². The third kappa shape index (κ3) is 14.7. The molecule has 1 rings (SSSR count). The van der Waals surface area contributed by atoms with Gasteiger partial charge < -0.3 is 5.11 Å². The summed E-state index contributed by atoms with van der Waals surface area (Å²) in [7, 11) is 0. The van der Waals surface area contributed by atoms with E-state index < -0.39 is 5.97 Å². The van der Waals surface area contributed by atoms with Crippen molar-refractivity contribution in [3.8, 4) is 0 Å². The molecule has 0 fully saturated rings. The van der Waals surface area contributed by atoms with Crippen LogP contribution in [0.25, 0.3) is 0 Å². The fraction of sp³-hybridized carbons (Fsp3) is 0.533. The number of carbonyl (C=O) groups is 1. The third-order valence-corrected chi connectivity index (χ3v) is 2.55. The molecule has 0 bridgehead atoms. The van der Waals surface area contributed by atoms with Crippen LogP contribution in [0.1, 0.15) is 51.4 Å². The molecule has 0 radical (unpaired) electrons. The Kier molecular flexibility index (Phi) is 11.8. The fourth-order valence-corrected chi connectivity index (χ4v) is 1.58. The van der Waals surface area contributed by atoms with E-state index in [9.17, 15) is 4.79 Å². The van der Waals surface area contributed by atoms with Crippen molar-refractivity contribution in [2.24, 2.45) is 0 Å². The zero-order valence-electron chi connectivity index (χ0n) is 10.6. The van der Waals surface area contributed by atoms with Crippen molar-refractivity contribution in [1.29, 1.82) is 0 Å². The van der Waals surface area contributed by atoms with Gasteiger partial charge >= 0.3 is 5.97 Å². The summed E-state index contributed by atoms with van der Waals surface area (Å²) in [6.45, 7) is 2.96. The molecule has 1 aliphatic carbocycles. The SMILES string of the molecule is C1=CCCCCCCCCC=C1.C=CC(=O)O. The number of carboxylic acid groups (broad SMARTS) is 1. The van der Waals surface area contributed by atoms with Gasteiger partial charge in [0.25, 0.3) is 0 Å². The van der Waals surface area contributed by atoms with Gasteiger partial charge in [-0.3, -0.25) is 0 Å². The second-order valence-electron chi connectivity index (χ2n) is 4.10.